The van der Waals surface area contributed by atoms with Crippen LogP contribution >= 0.6 is 0 Å². The van der Waals surface area contributed by atoms with Crippen molar-refractivity contribution in [2.75, 3.05) is 51.5 Å². The van der Waals surface area contributed by atoms with E-state index in [0.717, 1.165) is 43.5 Å². The van der Waals surface area contributed by atoms with Crippen LogP contribution in [0.5, 0.6) is 11.5 Å². The van der Waals surface area contributed by atoms with Gasteiger partial charge < -0.3 is 24.4 Å². The van der Waals surface area contributed by atoms with Gasteiger partial charge >= 0.3 is 0 Å². The normalized spacial score (nSPS) is 22.1. The van der Waals surface area contributed by atoms with Gasteiger partial charge in [-0.1, -0.05) is 0 Å². The molecule has 0 aromatic heterocycles. The van der Waals surface area contributed by atoms with Gasteiger partial charge in [0.2, 0.25) is 0 Å². The summed E-state index contributed by atoms with van der Waals surface area (Å²) in [5.41, 5.74) is 1.14. The van der Waals surface area contributed by atoms with Gasteiger partial charge in [-0.15, -0.1) is 0 Å². The summed E-state index contributed by atoms with van der Waals surface area (Å²) in [4.78, 5) is 2.21. The van der Waals surface area contributed by atoms with Crippen molar-refractivity contribution < 1.29 is 14.2 Å². The second kappa shape index (κ2) is 5.67. The molecule has 0 spiro atoms. The second-order valence-electron chi connectivity index (χ2n) is 4.93. The zero-order chi connectivity index (χ0) is 13.1. The van der Waals surface area contributed by atoms with E-state index in [0.29, 0.717) is 19.3 Å². The molecule has 1 saturated heterocycles. The largest absolute Gasteiger partial charge is 0.486 e. The van der Waals surface area contributed by atoms with Crippen LogP contribution in [0.1, 0.15) is 0 Å². The van der Waals surface area contributed by atoms with Gasteiger partial charge in [-0.05, 0) is 12.1 Å². The van der Waals surface area contributed by atoms with Gasteiger partial charge in [-0.25, -0.2) is 0 Å². The number of nitrogens with zero attached hydrogens (tertiary/aromatic N) is 1. The minimum absolute atomic E-state index is 0.381. The van der Waals surface area contributed by atoms with Crippen LogP contribution in [0.4, 0.5) is 5.69 Å². The maximum absolute atomic E-state index is 5.61. The highest BCUT2D eigenvalue weighted by Crippen LogP contribution is 2.33. The molecule has 1 aromatic carbocycles. The highest BCUT2D eigenvalue weighted by molar-refractivity contribution is 5.56. The molecule has 1 aromatic rings. The van der Waals surface area contributed by atoms with E-state index < -0.39 is 0 Å². The lowest BCUT2D eigenvalue weighted by Crippen LogP contribution is -2.47. The third-order valence-electron chi connectivity index (χ3n) is 3.46. The molecule has 5 heteroatoms. The Bertz CT molecular complexity index is 433. The van der Waals surface area contributed by atoms with E-state index in [9.17, 15) is 0 Å². The number of fused-ring (bicyclic) bond motifs is 1. The molecule has 0 amide bonds. The van der Waals surface area contributed by atoms with Gasteiger partial charge in [0.1, 0.15) is 13.2 Å². The number of nitrogens with one attached hydrogen (secondary N) is 1. The lowest BCUT2D eigenvalue weighted by molar-refractivity contribution is 0.0791. The summed E-state index contributed by atoms with van der Waals surface area (Å²) >= 11 is 0. The predicted octanol–water partition coefficient (Wildman–Crippen LogP) is 0.882. The third-order valence-corrected chi connectivity index (χ3v) is 3.46. The van der Waals surface area contributed by atoms with Gasteiger partial charge in [-0.2, -0.15) is 0 Å². The number of benzene rings is 1. The van der Waals surface area contributed by atoms with Crippen LogP contribution in [0, 0.1) is 0 Å². The number of ether oxygens (including phenoxy) is 3. The van der Waals surface area contributed by atoms with Crippen LogP contribution in [0.25, 0.3) is 0 Å². The molecule has 104 valence electrons. The molecule has 0 aliphatic carbocycles. The Morgan fingerprint density at radius 2 is 2.05 bits per heavy atom. The van der Waals surface area contributed by atoms with E-state index in [1.165, 1.54) is 0 Å². The number of morpholine rings is 1. The molecule has 3 rings (SSSR count). The van der Waals surface area contributed by atoms with Crippen LogP contribution in [-0.4, -0.2) is 52.6 Å². The number of hydrogen-bond acceptors (Lipinski definition) is 5. The number of rotatable bonds is 3. The molecule has 1 unspecified atom stereocenters. The molecular weight excluding hydrogens is 244 g/mol. The van der Waals surface area contributed by atoms with E-state index in [2.05, 4.69) is 23.3 Å². The second-order valence-corrected chi connectivity index (χ2v) is 4.93. The minimum Gasteiger partial charge on any atom is -0.486 e. The maximum atomic E-state index is 5.61. The average molecular weight is 264 g/mol. The molecule has 0 saturated carbocycles. The molecule has 1 atom stereocenters. The van der Waals surface area contributed by atoms with Crippen molar-refractivity contribution in [2.24, 2.45) is 0 Å². The fraction of sp³-hybridized carbons (Fsp3) is 0.571. The van der Waals surface area contributed by atoms with Gasteiger partial charge in [0.05, 0.1) is 13.2 Å². The Morgan fingerprint density at radius 1 is 1.21 bits per heavy atom. The van der Waals surface area contributed by atoms with E-state index >= 15 is 0 Å². The molecule has 19 heavy (non-hydrogen) atoms. The fourth-order valence-electron chi connectivity index (χ4n) is 2.44. The molecule has 2 aliphatic heterocycles. The zero-order valence-electron chi connectivity index (χ0n) is 11.2. The van der Waals surface area contributed by atoms with Gasteiger partial charge in [0.25, 0.3) is 0 Å². The molecular formula is C14H20N2O3. The molecule has 5 nitrogen and oxygen atoms in total. The van der Waals surface area contributed by atoms with Crippen molar-refractivity contribution in [3.63, 3.8) is 0 Å². The monoisotopic (exact) mass is 264 g/mol. The van der Waals surface area contributed by atoms with Crippen molar-refractivity contribution >= 4 is 5.69 Å². The van der Waals surface area contributed by atoms with Gasteiger partial charge in [0.15, 0.2) is 11.5 Å². The Labute approximate surface area is 113 Å². The smallest absolute Gasteiger partial charge is 0.163 e. The number of anilines is 1. The number of likely N-dealkylation sites (N-methyl/N-ethyl adjacent to an activating group) is 1. The first-order valence-electron chi connectivity index (χ1n) is 6.75. The molecule has 2 heterocycles. The average Bonchev–Trinajstić information content (AvgIpc) is 2.48. The zero-order valence-corrected chi connectivity index (χ0v) is 11.2. The van der Waals surface area contributed by atoms with Crippen molar-refractivity contribution in [3.8, 4) is 11.5 Å². The van der Waals surface area contributed by atoms with E-state index in [-0.39, 0.29) is 0 Å². The van der Waals surface area contributed by atoms with Gasteiger partial charge in [0, 0.05) is 37.9 Å². The third kappa shape index (κ3) is 2.93. The predicted molar refractivity (Wildman–Crippen MR) is 73.3 cm³/mol. The van der Waals surface area contributed by atoms with Crippen LogP contribution in [0.3, 0.4) is 0 Å². The van der Waals surface area contributed by atoms with Crippen LogP contribution < -0.4 is 19.7 Å². The summed E-state index contributed by atoms with van der Waals surface area (Å²) in [5, 5.41) is 3.46. The van der Waals surface area contributed by atoms with Crippen molar-refractivity contribution in [3.05, 3.63) is 18.2 Å². The minimum atomic E-state index is 0.381. The van der Waals surface area contributed by atoms with Crippen molar-refractivity contribution in [1.82, 2.24) is 5.32 Å². The Morgan fingerprint density at radius 3 is 2.84 bits per heavy atom. The topological polar surface area (TPSA) is 43.0 Å². The summed E-state index contributed by atoms with van der Waals surface area (Å²) in [6.45, 7) is 4.68. The highest BCUT2D eigenvalue weighted by Gasteiger charge is 2.17. The first-order chi connectivity index (χ1) is 9.33. The molecule has 1 fully saturated rings. The SMILES string of the molecule is CN(CC1COCCN1)c1ccc2c(c1)OCCO2. The van der Waals surface area contributed by atoms with Crippen LogP contribution in [-0.2, 0) is 4.74 Å². The Kier molecular flexibility index (Phi) is 3.75. The van der Waals surface area contributed by atoms with Crippen LogP contribution in [0.2, 0.25) is 0 Å². The molecule has 2 aliphatic rings. The lowest BCUT2D eigenvalue weighted by Gasteiger charge is -2.30. The summed E-state index contributed by atoms with van der Waals surface area (Å²) < 4.78 is 16.6. The first-order valence-corrected chi connectivity index (χ1v) is 6.75. The summed E-state index contributed by atoms with van der Waals surface area (Å²) in [6.07, 6.45) is 0. The lowest BCUT2D eigenvalue weighted by atomic mass is 10.2. The van der Waals surface area contributed by atoms with Crippen molar-refractivity contribution in [2.45, 2.75) is 6.04 Å². The quantitative estimate of drug-likeness (QED) is 0.878. The molecule has 0 radical (unpaired) electrons. The summed E-state index contributed by atoms with van der Waals surface area (Å²) in [5.74, 6) is 1.67. The summed E-state index contributed by atoms with van der Waals surface area (Å²) in [7, 11) is 2.09. The maximum Gasteiger partial charge on any atom is 0.163 e. The highest BCUT2D eigenvalue weighted by atomic mass is 16.6. The van der Waals surface area contributed by atoms with E-state index in [1.54, 1.807) is 0 Å². The fourth-order valence-corrected chi connectivity index (χ4v) is 2.44. The Balaban J connectivity index is 1.67. The van der Waals surface area contributed by atoms with Crippen LogP contribution in [0.15, 0.2) is 18.2 Å². The van der Waals surface area contributed by atoms with E-state index in [4.69, 9.17) is 14.2 Å². The first kappa shape index (κ1) is 12.6. The molecule has 1 N–H and O–H groups in total. The van der Waals surface area contributed by atoms with Gasteiger partial charge in [-0.3, -0.25) is 0 Å². The standard InChI is InChI=1S/C14H20N2O3/c1-16(9-11-10-17-5-4-15-11)12-2-3-13-14(8-12)19-7-6-18-13/h2-3,8,11,15H,4-7,9-10H2,1H3. The Hall–Kier alpha value is -1.46. The number of hydrogen-bond donors (Lipinski definition) is 1. The summed E-state index contributed by atoms with van der Waals surface area (Å²) in [6, 6.07) is 6.47. The van der Waals surface area contributed by atoms with E-state index in [1.807, 2.05) is 12.1 Å². The van der Waals surface area contributed by atoms with Crippen molar-refractivity contribution in [1.29, 1.82) is 0 Å². The molecule has 0 bridgehead atoms.